The van der Waals surface area contributed by atoms with Crippen molar-refractivity contribution in [3.63, 3.8) is 0 Å². The molecule has 2 aromatic carbocycles. The fourth-order valence-electron chi connectivity index (χ4n) is 6.81. The first-order valence-corrected chi connectivity index (χ1v) is 20.4. The summed E-state index contributed by atoms with van der Waals surface area (Å²) >= 11 is 0. The first kappa shape index (κ1) is 42.9. The van der Waals surface area contributed by atoms with E-state index in [1.54, 1.807) is 24.3 Å². The highest BCUT2D eigenvalue weighted by Gasteiger charge is 2.30. The zero-order valence-corrected chi connectivity index (χ0v) is 32.8. The van der Waals surface area contributed by atoms with Crippen LogP contribution in [0.5, 0.6) is 23.0 Å². The lowest BCUT2D eigenvalue weighted by atomic mass is 9.98. The monoisotopic (exact) mass is 722 g/mol. The van der Waals surface area contributed by atoms with Gasteiger partial charge in [-0.3, -0.25) is 9.59 Å². The Morgan fingerprint density at radius 3 is 1.88 bits per heavy atom. The molecule has 0 aromatic heterocycles. The third-order valence-corrected chi connectivity index (χ3v) is 9.92. The van der Waals surface area contributed by atoms with Gasteiger partial charge in [0.25, 0.3) is 0 Å². The molecule has 3 rings (SSSR count). The van der Waals surface area contributed by atoms with E-state index in [9.17, 15) is 19.5 Å². The molecule has 8 heteroatoms. The van der Waals surface area contributed by atoms with E-state index >= 15 is 0 Å². The van der Waals surface area contributed by atoms with Crippen molar-refractivity contribution in [2.75, 3.05) is 6.61 Å². The van der Waals surface area contributed by atoms with Crippen LogP contribution in [0.4, 0.5) is 0 Å². The maximum atomic E-state index is 13.0. The van der Waals surface area contributed by atoms with Crippen LogP contribution in [0, 0.1) is 0 Å². The number of Topliss-reactive ketones (excluding diaryl/α,β-unsaturated/α-hetero) is 2. The number of esters is 1. The maximum Gasteiger partial charge on any atom is 0.347 e. The van der Waals surface area contributed by atoms with E-state index in [0.29, 0.717) is 60.7 Å². The third-order valence-electron chi connectivity index (χ3n) is 9.92. The minimum Gasteiger partial charge on any atom is -0.507 e. The number of ketones is 2. The number of hydrogen-bond donors (Lipinski definition) is 1. The summed E-state index contributed by atoms with van der Waals surface area (Å²) in [6, 6.07) is 6.73. The minimum absolute atomic E-state index is 0.0741. The summed E-state index contributed by atoms with van der Waals surface area (Å²) in [6.07, 6.45) is 20.9. The van der Waals surface area contributed by atoms with Gasteiger partial charge in [0.2, 0.25) is 6.29 Å². The number of aromatic hydroxyl groups is 1. The van der Waals surface area contributed by atoms with Crippen LogP contribution in [0.15, 0.2) is 24.3 Å². The van der Waals surface area contributed by atoms with Gasteiger partial charge in [-0.25, -0.2) is 4.79 Å². The van der Waals surface area contributed by atoms with Crippen molar-refractivity contribution in [2.45, 2.75) is 182 Å². The Labute approximate surface area is 313 Å². The van der Waals surface area contributed by atoms with E-state index in [2.05, 4.69) is 13.8 Å². The molecular formula is C44H66O8. The van der Waals surface area contributed by atoms with Gasteiger partial charge in [0.1, 0.15) is 23.0 Å². The lowest BCUT2D eigenvalue weighted by Crippen LogP contribution is -2.33. The summed E-state index contributed by atoms with van der Waals surface area (Å²) < 4.78 is 24.5. The van der Waals surface area contributed by atoms with Crippen molar-refractivity contribution in [1.29, 1.82) is 0 Å². The highest BCUT2D eigenvalue weighted by Crippen LogP contribution is 2.38. The number of hydrogen-bond acceptors (Lipinski definition) is 8. The molecule has 2 unspecified atom stereocenters. The first-order chi connectivity index (χ1) is 25.2. The molecule has 0 fully saturated rings. The quantitative estimate of drug-likeness (QED) is 0.0420. The van der Waals surface area contributed by atoms with Crippen LogP contribution >= 0.6 is 0 Å². The predicted molar refractivity (Wildman–Crippen MR) is 207 cm³/mol. The molecule has 0 saturated carbocycles. The number of aryl methyl sites for hydroxylation is 1. The number of phenolic OH excluding ortho intramolecular Hbond substituents is 1. The normalized spacial score (nSPS) is 14.3. The Hall–Kier alpha value is -3.55. The Morgan fingerprint density at radius 1 is 0.731 bits per heavy atom. The molecule has 52 heavy (non-hydrogen) atoms. The fourth-order valence-corrected chi connectivity index (χ4v) is 6.81. The lowest BCUT2D eigenvalue weighted by molar-refractivity contribution is -0.152. The molecule has 1 aliphatic heterocycles. The van der Waals surface area contributed by atoms with Crippen LogP contribution < -0.4 is 14.2 Å². The van der Waals surface area contributed by atoms with Crippen molar-refractivity contribution in [3.8, 4) is 23.0 Å². The second kappa shape index (κ2) is 23.9. The largest absolute Gasteiger partial charge is 0.507 e. The number of rotatable bonds is 27. The summed E-state index contributed by atoms with van der Waals surface area (Å²) in [5.74, 6) is 0.425. The van der Waals surface area contributed by atoms with Crippen molar-refractivity contribution in [2.24, 2.45) is 0 Å². The van der Waals surface area contributed by atoms with Gasteiger partial charge in [-0.05, 0) is 69.7 Å². The van der Waals surface area contributed by atoms with Crippen molar-refractivity contribution in [3.05, 3.63) is 46.5 Å². The zero-order valence-electron chi connectivity index (χ0n) is 32.8. The minimum atomic E-state index is -0.774. The molecule has 2 aromatic rings. The average molecular weight is 723 g/mol. The second-order valence-electron chi connectivity index (χ2n) is 14.5. The number of carbonyl (C=O) groups excluding carboxylic acids is 3. The van der Waals surface area contributed by atoms with Crippen LogP contribution in [-0.2, 0) is 22.4 Å². The smallest absolute Gasteiger partial charge is 0.347 e. The summed E-state index contributed by atoms with van der Waals surface area (Å²) in [6.45, 7) is 9.63. The second-order valence-corrected chi connectivity index (χ2v) is 14.5. The van der Waals surface area contributed by atoms with Gasteiger partial charge >= 0.3 is 5.97 Å². The highest BCUT2D eigenvalue weighted by molar-refractivity contribution is 5.98. The van der Waals surface area contributed by atoms with Gasteiger partial charge in [0.05, 0.1) is 17.7 Å². The van der Waals surface area contributed by atoms with Crippen LogP contribution in [0.2, 0.25) is 0 Å². The van der Waals surface area contributed by atoms with E-state index in [1.807, 2.05) is 6.92 Å². The van der Waals surface area contributed by atoms with Crippen LogP contribution in [-0.4, -0.2) is 41.6 Å². The Kier molecular flexibility index (Phi) is 19.7. The topological polar surface area (TPSA) is 108 Å². The number of benzene rings is 2. The summed E-state index contributed by atoms with van der Waals surface area (Å²) in [5.41, 5.74) is 2.06. The SMILES string of the molecule is CCCCCCCCCCCCCCCCOC(=O)C1CCc2cc(C(C)=O)c(OC(CCCC)Oc3ccc(C(C)=O)c(O)c3CCC)cc2O1. The van der Waals surface area contributed by atoms with Gasteiger partial charge in [-0.15, -0.1) is 0 Å². The molecule has 2 atom stereocenters. The molecule has 0 radical (unpaired) electrons. The van der Waals surface area contributed by atoms with E-state index in [4.69, 9.17) is 18.9 Å². The molecule has 0 saturated heterocycles. The zero-order chi connectivity index (χ0) is 37.7. The molecule has 0 spiro atoms. The molecule has 8 nitrogen and oxygen atoms in total. The highest BCUT2D eigenvalue weighted by atomic mass is 16.7. The van der Waals surface area contributed by atoms with Crippen LogP contribution in [0.1, 0.15) is 188 Å². The van der Waals surface area contributed by atoms with Gasteiger partial charge in [-0.1, -0.05) is 117 Å². The van der Waals surface area contributed by atoms with E-state index in [0.717, 1.165) is 44.1 Å². The molecule has 1 N–H and O–H groups in total. The Balaban J connectivity index is 1.53. The van der Waals surface area contributed by atoms with Gasteiger partial charge < -0.3 is 24.1 Å². The van der Waals surface area contributed by atoms with Crippen molar-refractivity contribution in [1.82, 2.24) is 0 Å². The summed E-state index contributed by atoms with van der Waals surface area (Å²) in [7, 11) is 0. The third kappa shape index (κ3) is 14.1. The number of unbranched alkanes of at least 4 members (excludes halogenated alkanes) is 14. The molecule has 290 valence electrons. The molecule has 1 heterocycles. The maximum absolute atomic E-state index is 13.0. The van der Waals surface area contributed by atoms with Gasteiger partial charge in [0.15, 0.2) is 17.7 Å². The molecule has 0 bridgehead atoms. The van der Waals surface area contributed by atoms with Gasteiger partial charge in [0, 0.05) is 18.1 Å². The molecular weight excluding hydrogens is 656 g/mol. The van der Waals surface area contributed by atoms with Crippen molar-refractivity contribution < 1.29 is 38.4 Å². The van der Waals surface area contributed by atoms with Crippen LogP contribution in [0.25, 0.3) is 0 Å². The van der Waals surface area contributed by atoms with Crippen LogP contribution in [0.3, 0.4) is 0 Å². The predicted octanol–water partition coefficient (Wildman–Crippen LogP) is 11.4. The average Bonchev–Trinajstić information content (AvgIpc) is 3.12. The summed E-state index contributed by atoms with van der Waals surface area (Å²) in [5, 5.41) is 10.9. The Bertz CT molecular complexity index is 1400. The van der Waals surface area contributed by atoms with Gasteiger partial charge in [-0.2, -0.15) is 0 Å². The van der Waals surface area contributed by atoms with E-state index in [-0.39, 0.29) is 28.8 Å². The molecule has 0 aliphatic carbocycles. The Morgan fingerprint density at radius 2 is 1.31 bits per heavy atom. The fraction of sp³-hybridized carbons (Fsp3) is 0.659. The number of phenols is 1. The van der Waals surface area contributed by atoms with E-state index in [1.165, 1.54) is 84.5 Å². The van der Waals surface area contributed by atoms with E-state index < -0.39 is 12.4 Å². The summed E-state index contributed by atoms with van der Waals surface area (Å²) in [4.78, 5) is 37.9. The van der Waals surface area contributed by atoms with Crippen molar-refractivity contribution >= 4 is 17.5 Å². The number of fused-ring (bicyclic) bond motifs is 1. The first-order valence-electron chi connectivity index (χ1n) is 20.4. The molecule has 1 aliphatic rings. The number of ether oxygens (including phenoxy) is 4. The lowest BCUT2D eigenvalue weighted by Gasteiger charge is -2.27. The number of carbonyl (C=O) groups is 3. The standard InChI is InChI=1S/C44H66O8/c1-6-9-11-12-13-14-15-16-17-18-19-20-21-22-29-49-44(48)39-27-25-34-30-37(33(5)46)41(31-40(34)50-39)52-42(24-10-7-2)51-38-28-26-35(32(4)45)43(47)36(38)23-8-3/h26,28,30-31,39,42,47H,6-25,27,29H2,1-5H3. The molecule has 0 amide bonds.